The van der Waals surface area contributed by atoms with Gasteiger partial charge < -0.3 is 10.1 Å². The third kappa shape index (κ3) is 7.59. The fraction of sp³-hybridized carbons (Fsp3) is 0.0769. The molecule has 7 nitrogen and oxygen atoms in total. The summed E-state index contributed by atoms with van der Waals surface area (Å²) >= 11 is 0. The van der Waals surface area contributed by atoms with Crippen LogP contribution in [0.15, 0.2) is 97.5 Å². The topological polar surface area (TPSA) is 93.2 Å². The molecule has 0 saturated heterocycles. The second kappa shape index (κ2) is 12.4. The third-order valence-corrected chi connectivity index (χ3v) is 4.37. The molecule has 33 heavy (non-hydrogen) atoms. The lowest BCUT2D eigenvalue weighted by atomic mass is 10.2. The predicted molar refractivity (Wildman–Crippen MR) is 130 cm³/mol. The molecule has 2 amide bonds. The van der Waals surface area contributed by atoms with Crippen LogP contribution >= 0.6 is 0 Å². The van der Waals surface area contributed by atoms with Gasteiger partial charge in [-0.2, -0.15) is 0 Å². The molecule has 0 radical (unpaired) electrons. The quantitative estimate of drug-likeness (QED) is 0.443. The zero-order chi connectivity index (χ0) is 23.3. The molecule has 0 fully saturated rings. The Morgan fingerprint density at radius 1 is 0.970 bits per heavy atom. The third-order valence-electron chi connectivity index (χ3n) is 4.37. The number of amides is 2. The molecule has 2 heterocycles. The molecule has 7 heteroatoms. The highest BCUT2D eigenvalue weighted by atomic mass is 16.5. The van der Waals surface area contributed by atoms with Crippen molar-refractivity contribution in [3.8, 4) is 0 Å². The van der Waals surface area contributed by atoms with Crippen molar-refractivity contribution in [3.05, 3.63) is 114 Å². The summed E-state index contributed by atoms with van der Waals surface area (Å²) in [4.78, 5) is 33.0. The predicted octanol–water partition coefficient (Wildman–Crippen LogP) is 5.62. The molecule has 0 atom stereocenters. The molecule has 0 aliphatic carbocycles. The number of hydrogen-bond donors (Lipinski definition) is 2. The molecule has 3 aromatic rings. The minimum absolute atomic E-state index is 0.133. The number of benzene rings is 1. The van der Waals surface area contributed by atoms with Gasteiger partial charge in [0.2, 0.25) is 0 Å². The Morgan fingerprint density at radius 2 is 1.79 bits per heavy atom. The van der Waals surface area contributed by atoms with Crippen molar-refractivity contribution < 1.29 is 14.3 Å². The van der Waals surface area contributed by atoms with E-state index >= 15 is 0 Å². The number of carbonyl (C=O) groups excluding carboxylic acids is 2. The van der Waals surface area contributed by atoms with E-state index in [1.54, 1.807) is 24.5 Å². The monoisotopic (exact) mass is 440 g/mol. The van der Waals surface area contributed by atoms with E-state index in [2.05, 4.69) is 20.6 Å². The van der Waals surface area contributed by atoms with Crippen molar-refractivity contribution in [2.45, 2.75) is 13.5 Å². The van der Waals surface area contributed by atoms with Crippen molar-refractivity contribution in [1.82, 2.24) is 9.97 Å². The smallest absolute Gasteiger partial charge is 0.413 e. The van der Waals surface area contributed by atoms with E-state index in [1.165, 1.54) is 12.3 Å². The lowest BCUT2D eigenvalue weighted by molar-refractivity contribution is 0.102. The minimum Gasteiger partial charge on any atom is -0.444 e. The number of ether oxygens (including phenoxy) is 1. The van der Waals surface area contributed by atoms with Gasteiger partial charge in [0.05, 0.1) is 11.9 Å². The maximum absolute atomic E-state index is 12.8. The summed E-state index contributed by atoms with van der Waals surface area (Å²) in [6.45, 7) is 2.08. The summed E-state index contributed by atoms with van der Waals surface area (Å²) in [5, 5.41) is 5.38. The van der Waals surface area contributed by atoms with Crippen LogP contribution in [0.4, 0.5) is 16.3 Å². The van der Waals surface area contributed by atoms with E-state index in [1.807, 2.05) is 73.7 Å². The SMILES string of the molecule is CC=CC=CC=Cc1ccncc1NC(=O)c1ccnc(NC(=O)OCc2ccccc2)c1. The minimum atomic E-state index is -0.658. The van der Waals surface area contributed by atoms with E-state index in [-0.39, 0.29) is 18.3 Å². The summed E-state index contributed by atoms with van der Waals surface area (Å²) in [6, 6.07) is 14.2. The molecule has 0 bridgehead atoms. The van der Waals surface area contributed by atoms with Crippen LogP contribution in [0.5, 0.6) is 0 Å². The van der Waals surface area contributed by atoms with Crippen LogP contribution in [-0.4, -0.2) is 22.0 Å². The Balaban J connectivity index is 1.62. The molecule has 1 aromatic carbocycles. The molecule has 0 saturated carbocycles. The van der Waals surface area contributed by atoms with Crippen LogP contribution in [0, 0.1) is 0 Å². The molecule has 0 spiro atoms. The number of anilines is 2. The Morgan fingerprint density at radius 3 is 2.61 bits per heavy atom. The summed E-state index contributed by atoms with van der Waals surface area (Å²) in [7, 11) is 0. The molecule has 0 aliphatic rings. The first-order chi connectivity index (χ1) is 16.2. The Hall–Kier alpha value is -4.52. The van der Waals surface area contributed by atoms with Crippen LogP contribution in [-0.2, 0) is 11.3 Å². The van der Waals surface area contributed by atoms with E-state index in [0.29, 0.717) is 11.3 Å². The second-order valence-corrected chi connectivity index (χ2v) is 6.80. The van der Waals surface area contributed by atoms with Gasteiger partial charge in [0.15, 0.2) is 0 Å². The van der Waals surface area contributed by atoms with Gasteiger partial charge in [-0.1, -0.05) is 66.8 Å². The standard InChI is InChI=1S/C26H24N4O3/c1-2-3-4-5-9-12-21-13-15-27-18-23(21)29-25(31)22-14-16-28-24(17-22)30-26(32)33-19-20-10-7-6-8-11-20/h2-18H,19H2,1H3,(H,29,31)(H,28,30,32). The second-order valence-electron chi connectivity index (χ2n) is 6.80. The maximum Gasteiger partial charge on any atom is 0.413 e. The van der Waals surface area contributed by atoms with Crippen molar-refractivity contribution >= 4 is 29.6 Å². The van der Waals surface area contributed by atoms with Gasteiger partial charge in [-0.05, 0) is 30.7 Å². The van der Waals surface area contributed by atoms with Crippen LogP contribution in [0.1, 0.15) is 28.4 Å². The van der Waals surface area contributed by atoms with Crippen molar-refractivity contribution in [1.29, 1.82) is 0 Å². The molecule has 166 valence electrons. The summed E-state index contributed by atoms with van der Waals surface area (Å²) in [6.07, 6.45) is 15.4. The normalized spacial score (nSPS) is 11.2. The van der Waals surface area contributed by atoms with Crippen molar-refractivity contribution in [2.24, 2.45) is 0 Å². The fourth-order valence-corrected chi connectivity index (χ4v) is 2.75. The van der Waals surface area contributed by atoms with E-state index in [4.69, 9.17) is 4.74 Å². The number of carbonyl (C=O) groups is 2. The highest BCUT2D eigenvalue weighted by Gasteiger charge is 2.11. The number of allylic oxidation sites excluding steroid dienone is 5. The average molecular weight is 441 g/mol. The molecule has 2 aromatic heterocycles. The van der Waals surface area contributed by atoms with Crippen LogP contribution in [0.2, 0.25) is 0 Å². The molecular weight excluding hydrogens is 416 g/mol. The molecule has 3 rings (SSSR count). The van der Waals surface area contributed by atoms with E-state index in [9.17, 15) is 9.59 Å². The first-order valence-electron chi connectivity index (χ1n) is 10.3. The van der Waals surface area contributed by atoms with Gasteiger partial charge >= 0.3 is 6.09 Å². The van der Waals surface area contributed by atoms with Gasteiger partial charge in [0, 0.05) is 23.5 Å². The summed E-state index contributed by atoms with van der Waals surface area (Å²) < 4.78 is 5.19. The van der Waals surface area contributed by atoms with Crippen molar-refractivity contribution in [2.75, 3.05) is 10.6 Å². The molecule has 0 unspecified atom stereocenters. The van der Waals surface area contributed by atoms with E-state index < -0.39 is 6.09 Å². The highest BCUT2D eigenvalue weighted by Crippen LogP contribution is 2.17. The Kier molecular flexibility index (Phi) is 8.67. The van der Waals surface area contributed by atoms with Gasteiger partial charge in [-0.3, -0.25) is 15.1 Å². The number of aromatic nitrogens is 2. The first kappa shape index (κ1) is 23.1. The zero-order valence-electron chi connectivity index (χ0n) is 18.1. The molecule has 0 aliphatic heterocycles. The van der Waals surface area contributed by atoms with Gasteiger partial charge in [0.1, 0.15) is 12.4 Å². The fourth-order valence-electron chi connectivity index (χ4n) is 2.75. The highest BCUT2D eigenvalue weighted by molar-refractivity contribution is 6.05. The Bertz CT molecular complexity index is 1170. The lowest BCUT2D eigenvalue weighted by Gasteiger charge is -2.10. The summed E-state index contributed by atoms with van der Waals surface area (Å²) in [5.74, 6) is -0.147. The number of hydrogen-bond acceptors (Lipinski definition) is 5. The lowest BCUT2D eigenvalue weighted by Crippen LogP contribution is -2.16. The first-order valence-corrected chi connectivity index (χ1v) is 10.3. The van der Waals surface area contributed by atoms with E-state index in [0.717, 1.165) is 11.1 Å². The van der Waals surface area contributed by atoms with Gasteiger partial charge in [0.25, 0.3) is 5.91 Å². The molecular formula is C26H24N4O3. The van der Waals surface area contributed by atoms with Crippen LogP contribution in [0.3, 0.4) is 0 Å². The van der Waals surface area contributed by atoms with Crippen LogP contribution in [0.25, 0.3) is 6.08 Å². The largest absolute Gasteiger partial charge is 0.444 e. The van der Waals surface area contributed by atoms with Crippen LogP contribution < -0.4 is 10.6 Å². The number of nitrogens with zero attached hydrogens (tertiary/aromatic N) is 2. The zero-order valence-corrected chi connectivity index (χ0v) is 18.1. The average Bonchev–Trinajstić information content (AvgIpc) is 2.84. The number of pyridine rings is 2. The van der Waals surface area contributed by atoms with Gasteiger partial charge in [-0.15, -0.1) is 0 Å². The molecule has 2 N–H and O–H groups in total. The maximum atomic E-state index is 12.8. The number of nitrogens with one attached hydrogen (secondary N) is 2. The summed E-state index contributed by atoms with van der Waals surface area (Å²) in [5.41, 5.74) is 2.56. The Labute approximate surface area is 192 Å². The van der Waals surface area contributed by atoms with Crippen molar-refractivity contribution in [3.63, 3.8) is 0 Å². The van der Waals surface area contributed by atoms with Gasteiger partial charge in [-0.25, -0.2) is 9.78 Å². The number of rotatable bonds is 8.